The molecular weight excluding hydrogens is 312 g/mol. The predicted molar refractivity (Wildman–Crippen MR) is 98.1 cm³/mol. The van der Waals surface area contributed by atoms with Gasteiger partial charge in [-0.3, -0.25) is 9.59 Å². The molecule has 0 heterocycles. The molecule has 2 aliphatic rings. The van der Waals surface area contributed by atoms with Gasteiger partial charge in [-0.25, -0.2) is 0 Å². The first-order chi connectivity index (χ1) is 12.2. The molecule has 0 radical (unpaired) electrons. The van der Waals surface area contributed by atoms with Gasteiger partial charge in [0.1, 0.15) is 11.6 Å². The van der Waals surface area contributed by atoms with Crippen molar-refractivity contribution in [1.29, 1.82) is 0 Å². The molecule has 0 spiro atoms. The van der Waals surface area contributed by atoms with E-state index in [0.717, 1.165) is 37.7 Å². The number of ether oxygens (including phenoxy) is 1. The van der Waals surface area contributed by atoms with Crippen LogP contribution in [0.4, 0.5) is 0 Å². The zero-order valence-electron chi connectivity index (χ0n) is 15.3. The van der Waals surface area contributed by atoms with Crippen LogP contribution < -0.4 is 0 Å². The van der Waals surface area contributed by atoms with Gasteiger partial charge in [-0.2, -0.15) is 0 Å². The monoisotopic (exact) mass is 342 g/mol. The molecule has 0 saturated heterocycles. The van der Waals surface area contributed by atoms with Gasteiger partial charge in [-0.05, 0) is 49.5 Å². The molecule has 25 heavy (non-hydrogen) atoms. The lowest BCUT2D eigenvalue weighted by Gasteiger charge is -2.36. The van der Waals surface area contributed by atoms with Crippen molar-refractivity contribution >= 4 is 11.6 Å². The normalized spacial score (nSPS) is 30.4. The standard InChI is InChI=1S/C22H30O3/c1-2-17-8-9-18(12-21(17)23)19-10-11-20(22(24)13-19)15-25-14-16-6-4-3-5-7-16/h3-7,17-20H,2,8-15H2,1H3/t17-,18-,19-,20+/m0/s1. The number of carbonyl (C=O) groups is 2. The summed E-state index contributed by atoms with van der Waals surface area (Å²) in [5.41, 5.74) is 1.15. The van der Waals surface area contributed by atoms with Crippen LogP contribution in [0.15, 0.2) is 30.3 Å². The van der Waals surface area contributed by atoms with Gasteiger partial charge >= 0.3 is 0 Å². The van der Waals surface area contributed by atoms with Gasteiger partial charge < -0.3 is 4.74 Å². The minimum absolute atomic E-state index is 0.0441. The van der Waals surface area contributed by atoms with E-state index in [9.17, 15) is 9.59 Å². The molecule has 4 atom stereocenters. The van der Waals surface area contributed by atoms with E-state index in [1.54, 1.807) is 0 Å². The highest BCUT2D eigenvalue weighted by atomic mass is 16.5. The fourth-order valence-electron chi connectivity index (χ4n) is 4.51. The summed E-state index contributed by atoms with van der Waals surface area (Å²) in [5.74, 6) is 1.94. The van der Waals surface area contributed by atoms with Gasteiger partial charge in [0, 0.05) is 24.7 Å². The van der Waals surface area contributed by atoms with E-state index in [1.165, 1.54) is 0 Å². The Morgan fingerprint density at radius 1 is 0.880 bits per heavy atom. The summed E-state index contributed by atoms with van der Waals surface area (Å²) in [4.78, 5) is 24.7. The molecule has 2 saturated carbocycles. The highest BCUT2D eigenvalue weighted by Crippen LogP contribution is 2.39. The Morgan fingerprint density at radius 3 is 2.04 bits per heavy atom. The van der Waals surface area contributed by atoms with Crippen LogP contribution in [-0.4, -0.2) is 18.2 Å². The second-order valence-electron chi connectivity index (χ2n) is 7.82. The van der Waals surface area contributed by atoms with Crippen LogP contribution in [0.25, 0.3) is 0 Å². The van der Waals surface area contributed by atoms with Crippen LogP contribution >= 0.6 is 0 Å². The minimum Gasteiger partial charge on any atom is -0.376 e. The van der Waals surface area contributed by atoms with Crippen LogP contribution in [0.5, 0.6) is 0 Å². The third-order valence-electron chi connectivity index (χ3n) is 6.20. The van der Waals surface area contributed by atoms with Crippen molar-refractivity contribution in [3.8, 4) is 0 Å². The molecule has 136 valence electrons. The first kappa shape index (κ1) is 18.3. The van der Waals surface area contributed by atoms with Gasteiger partial charge in [0.15, 0.2) is 0 Å². The van der Waals surface area contributed by atoms with E-state index < -0.39 is 0 Å². The van der Waals surface area contributed by atoms with Crippen LogP contribution in [0.1, 0.15) is 57.4 Å². The molecule has 0 unspecified atom stereocenters. The molecule has 0 aromatic heterocycles. The van der Waals surface area contributed by atoms with E-state index in [0.29, 0.717) is 49.5 Å². The number of carbonyl (C=O) groups excluding carboxylic acids is 2. The first-order valence-corrected chi connectivity index (χ1v) is 9.84. The molecule has 0 bridgehead atoms. The molecule has 0 N–H and O–H groups in total. The third kappa shape index (κ3) is 4.78. The second kappa shape index (κ2) is 8.75. The summed E-state index contributed by atoms with van der Waals surface area (Å²) in [5, 5.41) is 0. The van der Waals surface area contributed by atoms with Gasteiger partial charge in [-0.1, -0.05) is 37.3 Å². The van der Waals surface area contributed by atoms with Gasteiger partial charge in [0.05, 0.1) is 13.2 Å². The topological polar surface area (TPSA) is 43.4 Å². The Kier molecular flexibility index (Phi) is 6.41. The average Bonchev–Trinajstić information content (AvgIpc) is 2.64. The fourth-order valence-corrected chi connectivity index (χ4v) is 4.51. The quantitative estimate of drug-likeness (QED) is 0.760. The van der Waals surface area contributed by atoms with E-state index in [1.807, 2.05) is 30.3 Å². The average molecular weight is 342 g/mol. The largest absolute Gasteiger partial charge is 0.376 e. The smallest absolute Gasteiger partial charge is 0.138 e. The van der Waals surface area contributed by atoms with Crippen LogP contribution in [0.3, 0.4) is 0 Å². The zero-order chi connectivity index (χ0) is 17.6. The number of hydrogen-bond donors (Lipinski definition) is 0. The van der Waals surface area contributed by atoms with Crippen molar-refractivity contribution in [1.82, 2.24) is 0 Å². The Hall–Kier alpha value is -1.48. The van der Waals surface area contributed by atoms with Crippen LogP contribution in [0, 0.1) is 23.7 Å². The Labute approximate surface area is 151 Å². The molecule has 2 fully saturated rings. The maximum atomic E-state index is 12.5. The van der Waals surface area contributed by atoms with Crippen LogP contribution in [0.2, 0.25) is 0 Å². The molecule has 0 aliphatic heterocycles. The maximum absolute atomic E-state index is 12.5. The lowest BCUT2D eigenvalue weighted by Crippen LogP contribution is -2.35. The van der Waals surface area contributed by atoms with Crippen molar-refractivity contribution in [2.45, 2.75) is 58.5 Å². The summed E-state index contributed by atoms with van der Waals surface area (Å²) in [6.07, 6.45) is 6.45. The molecule has 3 nitrogen and oxygen atoms in total. The minimum atomic E-state index is 0.0441. The summed E-state index contributed by atoms with van der Waals surface area (Å²) in [6.45, 7) is 3.21. The zero-order valence-corrected chi connectivity index (χ0v) is 15.3. The molecule has 3 heteroatoms. The third-order valence-corrected chi connectivity index (χ3v) is 6.20. The SMILES string of the molecule is CC[C@H]1CC[C@H]([C@H]2CC[C@H](COCc3ccccc3)C(=O)C2)CC1=O. The summed E-state index contributed by atoms with van der Waals surface area (Å²) < 4.78 is 5.78. The van der Waals surface area contributed by atoms with Crippen molar-refractivity contribution < 1.29 is 14.3 Å². The molecule has 1 aromatic rings. The van der Waals surface area contributed by atoms with Gasteiger partial charge in [0.2, 0.25) is 0 Å². The van der Waals surface area contributed by atoms with E-state index >= 15 is 0 Å². The number of ketones is 2. The molecule has 2 aliphatic carbocycles. The van der Waals surface area contributed by atoms with Crippen LogP contribution in [-0.2, 0) is 20.9 Å². The van der Waals surface area contributed by atoms with Gasteiger partial charge in [0.25, 0.3) is 0 Å². The summed E-state index contributed by atoms with van der Waals surface area (Å²) >= 11 is 0. The van der Waals surface area contributed by atoms with Crippen molar-refractivity contribution in [2.24, 2.45) is 23.7 Å². The lowest BCUT2D eigenvalue weighted by molar-refractivity contribution is -0.132. The number of Topliss-reactive ketones (excluding diaryl/α,β-unsaturated/α-hetero) is 2. The van der Waals surface area contributed by atoms with Crippen molar-refractivity contribution in [2.75, 3.05) is 6.61 Å². The lowest BCUT2D eigenvalue weighted by atomic mass is 9.68. The highest BCUT2D eigenvalue weighted by molar-refractivity contribution is 5.83. The fraction of sp³-hybridized carbons (Fsp3) is 0.636. The number of rotatable bonds is 6. The maximum Gasteiger partial charge on any atom is 0.138 e. The number of benzene rings is 1. The van der Waals surface area contributed by atoms with Crippen molar-refractivity contribution in [3.05, 3.63) is 35.9 Å². The Bertz CT molecular complexity index is 580. The summed E-state index contributed by atoms with van der Waals surface area (Å²) in [6, 6.07) is 10.1. The molecular formula is C22H30O3. The Morgan fingerprint density at radius 2 is 1.48 bits per heavy atom. The van der Waals surface area contributed by atoms with Crippen molar-refractivity contribution in [3.63, 3.8) is 0 Å². The highest BCUT2D eigenvalue weighted by Gasteiger charge is 2.37. The van der Waals surface area contributed by atoms with E-state index in [-0.39, 0.29) is 11.8 Å². The van der Waals surface area contributed by atoms with E-state index in [2.05, 4.69) is 6.92 Å². The van der Waals surface area contributed by atoms with E-state index in [4.69, 9.17) is 4.74 Å². The second-order valence-corrected chi connectivity index (χ2v) is 7.82. The first-order valence-electron chi connectivity index (χ1n) is 9.84. The molecule has 0 amide bonds. The molecule has 3 rings (SSSR count). The number of hydrogen-bond acceptors (Lipinski definition) is 3. The van der Waals surface area contributed by atoms with Gasteiger partial charge in [-0.15, -0.1) is 0 Å². The summed E-state index contributed by atoms with van der Waals surface area (Å²) in [7, 11) is 0. The molecule has 1 aromatic carbocycles. The Balaban J connectivity index is 1.43. The predicted octanol–water partition coefficient (Wildman–Crippen LogP) is 4.58.